The second-order valence-corrected chi connectivity index (χ2v) is 15.2. The van der Waals surface area contributed by atoms with E-state index in [0.29, 0.717) is 40.3 Å². The van der Waals surface area contributed by atoms with Crippen molar-refractivity contribution in [3.05, 3.63) is 75.6 Å². The highest BCUT2D eigenvalue weighted by molar-refractivity contribution is 7.89. The molecule has 256 valence electrons. The number of fused-ring (bicyclic) bond motifs is 4. The lowest BCUT2D eigenvalue weighted by atomic mass is 9.70. The van der Waals surface area contributed by atoms with E-state index in [0.717, 1.165) is 23.7 Å². The maximum Gasteiger partial charge on any atom is 0.452 e. The Morgan fingerprint density at radius 1 is 1.12 bits per heavy atom. The molecule has 2 aliphatic rings. The molecule has 6 heterocycles. The van der Waals surface area contributed by atoms with Crippen molar-refractivity contribution in [1.29, 1.82) is 0 Å². The Kier molecular flexibility index (Phi) is 8.69. The van der Waals surface area contributed by atoms with Gasteiger partial charge < -0.3 is 9.64 Å². The number of esters is 1. The van der Waals surface area contributed by atoms with E-state index >= 15 is 0 Å². The molecule has 48 heavy (non-hydrogen) atoms. The number of piperidine rings is 1. The van der Waals surface area contributed by atoms with Crippen molar-refractivity contribution < 1.29 is 31.1 Å². The van der Waals surface area contributed by atoms with Gasteiger partial charge in [-0.2, -0.15) is 17.5 Å². The third-order valence-corrected chi connectivity index (χ3v) is 11.5. The van der Waals surface area contributed by atoms with Gasteiger partial charge in [0.15, 0.2) is 5.65 Å². The second-order valence-electron chi connectivity index (χ2n) is 12.9. The summed E-state index contributed by atoms with van der Waals surface area (Å²) in [6.45, 7) is 7.64. The Morgan fingerprint density at radius 3 is 2.58 bits per heavy atom. The Balaban J connectivity index is 1.46. The highest BCUT2D eigenvalue weighted by Gasteiger charge is 2.43. The number of sulfonamides is 1. The number of carbonyl (C=O) groups is 1. The number of hydrogen-bond donors (Lipinski definition) is 0. The molecule has 0 amide bonds. The molecule has 1 fully saturated rings. The number of halogens is 4. The summed E-state index contributed by atoms with van der Waals surface area (Å²) >= 11 is 6.25. The van der Waals surface area contributed by atoms with Crippen molar-refractivity contribution >= 4 is 39.1 Å². The molecule has 0 aliphatic carbocycles. The molecule has 16 heteroatoms. The Labute approximate surface area is 281 Å². The van der Waals surface area contributed by atoms with Crippen LogP contribution in [0.4, 0.5) is 19.0 Å². The third kappa shape index (κ3) is 5.79. The molecule has 0 bridgehead atoms. The zero-order valence-electron chi connectivity index (χ0n) is 27.0. The number of nitrogens with zero attached hydrogens (tertiary/aromatic N) is 7. The van der Waals surface area contributed by atoms with Crippen LogP contribution in [0.5, 0.6) is 0 Å². The van der Waals surface area contributed by atoms with E-state index in [1.165, 1.54) is 35.9 Å². The van der Waals surface area contributed by atoms with Crippen molar-refractivity contribution in [1.82, 2.24) is 28.9 Å². The first-order valence-electron chi connectivity index (χ1n) is 15.4. The van der Waals surface area contributed by atoms with Crippen molar-refractivity contribution in [2.75, 3.05) is 25.1 Å². The van der Waals surface area contributed by atoms with Gasteiger partial charge in [-0.3, -0.25) is 14.2 Å². The van der Waals surface area contributed by atoms with Crippen molar-refractivity contribution in [2.24, 2.45) is 5.41 Å². The molecule has 0 N–H and O–H groups in total. The molecule has 6 rings (SSSR count). The molecule has 2 unspecified atom stereocenters. The topological polar surface area (TPSA) is 123 Å². The van der Waals surface area contributed by atoms with Crippen LogP contribution >= 0.6 is 11.6 Å². The molecule has 0 aromatic carbocycles. The normalized spacial score (nSPS) is 19.0. The summed E-state index contributed by atoms with van der Waals surface area (Å²) in [5, 5.41) is 7.42. The predicted molar refractivity (Wildman–Crippen MR) is 171 cm³/mol. The minimum absolute atomic E-state index is 0.00980. The highest BCUT2D eigenvalue weighted by atomic mass is 35.5. The molecular formula is C32H35ClF3N7O4S. The van der Waals surface area contributed by atoms with E-state index in [-0.39, 0.29) is 34.7 Å². The fraction of sp³-hybridized carbons (Fsp3) is 0.469. The lowest BCUT2D eigenvalue weighted by Gasteiger charge is -2.36. The minimum Gasteiger partial charge on any atom is -0.469 e. The SMILES string of the molecule is COC(=O)C(C)(C)C(c1cnc(C)c(CN2CC3CCCCN3c3ncc(Cl)cc3S2(=O)=O)c1)c1ccn2c(C(F)(F)F)nnc2c1C. The van der Waals surface area contributed by atoms with Crippen LogP contribution in [-0.2, 0) is 32.3 Å². The molecule has 0 spiro atoms. The summed E-state index contributed by atoms with van der Waals surface area (Å²) in [5.41, 5.74) is 1.39. The number of rotatable bonds is 6. The summed E-state index contributed by atoms with van der Waals surface area (Å²) in [5.74, 6) is -2.10. The molecule has 0 saturated carbocycles. The fourth-order valence-electron chi connectivity index (χ4n) is 6.98. The molecule has 2 aliphatic heterocycles. The molecule has 0 radical (unpaired) electrons. The van der Waals surface area contributed by atoms with E-state index in [1.54, 1.807) is 33.9 Å². The third-order valence-electron chi connectivity index (χ3n) is 9.49. The summed E-state index contributed by atoms with van der Waals surface area (Å²) < 4.78 is 76.9. The maximum atomic E-state index is 14.2. The van der Waals surface area contributed by atoms with Crippen LogP contribution in [-0.4, -0.2) is 69.5 Å². The van der Waals surface area contributed by atoms with Gasteiger partial charge in [-0.15, -0.1) is 10.2 Å². The number of hydrogen-bond acceptors (Lipinski definition) is 9. The van der Waals surface area contributed by atoms with E-state index in [4.69, 9.17) is 16.3 Å². The van der Waals surface area contributed by atoms with Gasteiger partial charge in [-0.25, -0.2) is 13.4 Å². The van der Waals surface area contributed by atoms with Gasteiger partial charge in [0.05, 0.1) is 17.5 Å². The Bertz CT molecular complexity index is 2020. The van der Waals surface area contributed by atoms with Crippen LogP contribution in [0.1, 0.15) is 72.8 Å². The number of ether oxygens (including phenoxy) is 1. The van der Waals surface area contributed by atoms with Crippen LogP contribution in [0.15, 0.2) is 41.7 Å². The van der Waals surface area contributed by atoms with E-state index in [2.05, 4.69) is 25.1 Å². The first kappa shape index (κ1) is 34.1. The number of aromatic nitrogens is 5. The lowest BCUT2D eigenvalue weighted by Crippen LogP contribution is -2.45. The zero-order chi connectivity index (χ0) is 34.8. The zero-order valence-corrected chi connectivity index (χ0v) is 28.6. The summed E-state index contributed by atoms with van der Waals surface area (Å²) in [6.07, 6.45) is 2.24. The van der Waals surface area contributed by atoms with Gasteiger partial charge in [0.1, 0.15) is 10.7 Å². The van der Waals surface area contributed by atoms with Crippen LogP contribution in [0.2, 0.25) is 5.02 Å². The van der Waals surface area contributed by atoms with Crippen LogP contribution < -0.4 is 4.90 Å². The predicted octanol–water partition coefficient (Wildman–Crippen LogP) is 5.70. The Hall–Kier alpha value is -3.82. The molecule has 2 atom stereocenters. The highest BCUT2D eigenvalue weighted by Crippen LogP contribution is 2.45. The van der Waals surface area contributed by atoms with Crippen molar-refractivity contribution in [3.63, 3.8) is 0 Å². The van der Waals surface area contributed by atoms with Crippen molar-refractivity contribution in [3.8, 4) is 0 Å². The van der Waals surface area contributed by atoms with E-state index < -0.39 is 39.3 Å². The molecule has 1 saturated heterocycles. The number of carbonyl (C=O) groups excluding carboxylic acids is 1. The van der Waals surface area contributed by atoms with Crippen LogP contribution in [0, 0.1) is 19.3 Å². The second kappa shape index (κ2) is 12.3. The van der Waals surface area contributed by atoms with Gasteiger partial charge in [0.2, 0.25) is 15.8 Å². The quantitative estimate of drug-likeness (QED) is 0.233. The van der Waals surface area contributed by atoms with E-state index in [1.807, 2.05) is 6.07 Å². The van der Waals surface area contributed by atoms with Crippen LogP contribution in [0.25, 0.3) is 5.65 Å². The lowest BCUT2D eigenvalue weighted by molar-refractivity contribution is -0.151. The van der Waals surface area contributed by atoms with Gasteiger partial charge in [-0.1, -0.05) is 17.7 Å². The van der Waals surface area contributed by atoms with Gasteiger partial charge in [-0.05, 0) is 81.3 Å². The largest absolute Gasteiger partial charge is 0.469 e. The molecule has 4 aromatic rings. The number of alkyl halides is 3. The van der Waals surface area contributed by atoms with Gasteiger partial charge in [0, 0.05) is 55.9 Å². The number of anilines is 1. The van der Waals surface area contributed by atoms with Crippen LogP contribution in [0.3, 0.4) is 0 Å². The number of methoxy groups -OCH3 is 1. The molecular weight excluding hydrogens is 671 g/mol. The maximum absolute atomic E-state index is 14.2. The summed E-state index contributed by atoms with van der Waals surface area (Å²) in [6, 6.07) is 4.67. The van der Waals surface area contributed by atoms with Gasteiger partial charge in [0.25, 0.3) is 0 Å². The average molecular weight is 706 g/mol. The first-order chi connectivity index (χ1) is 22.5. The molecule has 4 aromatic heterocycles. The summed E-state index contributed by atoms with van der Waals surface area (Å²) in [7, 11) is -2.79. The average Bonchev–Trinajstić information content (AvgIpc) is 3.46. The van der Waals surface area contributed by atoms with Gasteiger partial charge >= 0.3 is 12.1 Å². The summed E-state index contributed by atoms with van der Waals surface area (Å²) in [4.78, 5) is 24.4. The Morgan fingerprint density at radius 2 is 1.88 bits per heavy atom. The number of aryl methyl sites for hydroxylation is 2. The standard InChI is InChI=1S/C32H35ClF3N7O4S/c1-18-24(9-11-43-27(18)39-40-29(43)32(34,35)36)26(31(3,4)30(44)47-5)20-12-21(19(2)37-14-20)16-41-17-23-8-6-7-10-42(23)28-25(48(41,45)46)13-22(33)15-38-28/h9,11-15,23,26H,6-8,10,16-17H2,1-5H3. The number of pyridine rings is 3. The monoisotopic (exact) mass is 705 g/mol. The first-order valence-corrected chi connectivity index (χ1v) is 17.2. The van der Waals surface area contributed by atoms with E-state index in [9.17, 15) is 26.4 Å². The van der Waals surface area contributed by atoms with Crippen molar-refractivity contribution in [2.45, 2.75) is 76.5 Å². The molecule has 11 nitrogen and oxygen atoms in total. The smallest absolute Gasteiger partial charge is 0.452 e. The minimum atomic E-state index is -4.72. The fourth-order valence-corrected chi connectivity index (χ4v) is 8.84.